The van der Waals surface area contributed by atoms with Gasteiger partial charge in [-0.3, -0.25) is 4.52 Å². The quantitative estimate of drug-likeness (QED) is 0.0992. The van der Waals surface area contributed by atoms with Gasteiger partial charge in [0, 0.05) is 0 Å². The van der Waals surface area contributed by atoms with Crippen molar-refractivity contribution in [3.8, 4) is 0 Å². The predicted molar refractivity (Wildman–Crippen MR) is 134 cm³/mol. The van der Waals surface area contributed by atoms with Crippen LogP contribution in [-0.4, -0.2) is 16.4 Å². The van der Waals surface area contributed by atoms with Gasteiger partial charge in [-0.2, -0.15) is 0 Å². The number of unbranched alkanes of at least 4 members (excludes halogenated alkanes) is 23. The molecule has 5 heteroatoms. The van der Waals surface area contributed by atoms with E-state index in [1.165, 1.54) is 135 Å². The molecule has 0 heterocycles. The minimum atomic E-state index is -4.26. The highest BCUT2D eigenvalue weighted by molar-refractivity contribution is 7.46. The smallest absolute Gasteiger partial charge is 0.303 e. The molecule has 2 N–H and O–H groups in total. The zero-order valence-electron chi connectivity index (χ0n) is 20.8. The maximum absolute atomic E-state index is 10.5. The van der Waals surface area contributed by atoms with Crippen molar-refractivity contribution in [3.05, 3.63) is 0 Å². The van der Waals surface area contributed by atoms with Crippen molar-refractivity contribution in [1.82, 2.24) is 0 Å². The average molecular weight is 463 g/mol. The minimum Gasteiger partial charge on any atom is -0.303 e. The molecule has 0 fully saturated rings. The number of hydrogen-bond acceptors (Lipinski definition) is 2. The van der Waals surface area contributed by atoms with E-state index in [0.717, 1.165) is 19.3 Å². The molecule has 0 radical (unpaired) electrons. The molecule has 0 saturated carbocycles. The molecule has 188 valence electrons. The van der Waals surface area contributed by atoms with Gasteiger partial charge >= 0.3 is 7.82 Å². The Morgan fingerprint density at radius 1 is 0.452 bits per heavy atom. The van der Waals surface area contributed by atoms with Crippen molar-refractivity contribution in [2.45, 2.75) is 161 Å². The highest BCUT2D eigenvalue weighted by Gasteiger charge is 2.12. The number of phosphoric ester groups is 1. The molecule has 4 nitrogen and oxygen atoms in total. The van der Waals surface area contributed by atoms with Crippen LogP contribution in [0.5, 0.6) is 0 Å². The number of phosphoric acid groups is 1. The van der Waals surface area contributed by atoms with Gasteiger partial charge in [0.15, 0.2) is 0 Å². The van der Waals surface area contributed by atoms with Crippen LogP contribution >= 0.6 is 7.82 Å². The van der Waals surface area contributed by atoms with Gasteiger partial charge in [-0.1, -0.05) is 155 Å². The Balaban J connectivity index is 3.03. The average Bonchev–Trinajstić information content (AvgIpc) is 2.73. The first kappa shape index (κ1) is 31.1. The summed E-state index contributed by atoms with van der Waals surface area (Å²) in [5.74, 6) is 0. The van der Waals surface area contributed by atoms with Crippen LogP contribution in [0.3, 0.4) is 0 Å². The van der Waals surface area contributed by atoms with Crippen molar-refractivity contribution in [1.29, 1.82) is 0 Å². The Morgan fingerprint density at radius 3 is 0.903 bits per heavy atom. The summed E-state index contributed by atoms with van der Waals surface area (Å²) in [6, 6.07) is 0. The first-order valence-electron chi connectivity index (χ1n) is 13.8. The van der Waals surface area contributed by atoms with Gasteiger partial charge in [0.05, 0.1) is 6.61 Å². The predicted octanol–water partition coefficient (Wildman–Crippen LogP) is 9.48. The third-order valence-electron chi connectivity index (χ3n) is 6.26. The fourth-order valence-electron chi connectivity index (χ4n) is 4.25. The summed E-state index contributed by atoms with van der Waals surface area (Å²) in [5, 5.41) is 0. The standard InChI is InChI=1S/C26H55O4P/c1-2-3-4-5-6-7-8-9-10-11-12-13-14-15-16-17-18-19-20-21-22-23-24-25-26-30-31(27,28)29/h2-26H2,1H3,(H2,27,28,29). The maximum atomic E-state index is 10.5. The normalized spacial score (nSPS) is 12.0. The summed E-state index contributed by atoms with van der Waals surface area (Å²) < 4.78 is 15.0. The molecule has 0 aromatic carbocycles. The van der Waals surface area contributed by atoms with Gasteiger partial charge in [0.1, 0.15) is 0 Å². The lowest BCUT2D eigenvalue weighted by Gasteiger charge is -2.05. The lowest BCUT2D eigenvalue weighted by Crippen LogP contribution is -1.92. The number of hydrogen-bond donors (Lipinski definition) is 2. The highest BCUT2D eigenvalue weighted by atomic mass is 31.2. The van der Waals surface area contributed by atoms with Crippen molar-refractivity contribution < 1.29 is 18.9 Å². The van der Waals surface area contributed by atoms with Crippen LogP contribution in [0.25, 0.3) is 0 Å². The van der Waals surface area contributed by atoms with Gasteiger partial charge in [-0.25, -0.2) is 4.57 Å². The summed E-state index contributed by atoms with van der Waals surface area (Å²) in [6.07, 6.45) is 32.5. The monoisotopic (exact) mass is 462 g/mol. The van der Waals surface area contributed by atoms with E-state index >= 15 is 0 Å². The molecule has 0 amide bonds. The summed E-state index contributed by atoms with van der Waals surface area (Å²) in [5.41, 5.74) is 0. The van der Waals surface area contributed by atoms with Crippen LogP contribution in [-0.2, 0) is 9.09 Å². The van der Waals surface area contributed by atoms with Crippen molar-refractivity contribution in [2.75, 3.05) is 6.61 Å². The molecule has 0 unspecified atom stereocenters. The van der Waals surface area contributed by atoms with Gasteiger partial charge in [0.2, 0.25) is 0 Å². The molecular formula is C26H55O4P. The third-order valence-corrected chi connectivity index (χ3v) is 6.78. The van der Waals surface area contributed by atoms with Crippen LogP contribution < -0.4 is 0 Å². The third kappa shape index (κ3) is 30.1. The second-order valence-corrected chi connectivity index (χ2v) is 10.7. The Hall–Kier alpha value is 0.110. The fourth-order valence-corrected chi connectivity index (χ4v) is 4.61. The first-order valence-corrected chi connectivity index (χ1v) is 15.3. The minimum absolute atomic E-state index is 0.170. The van der Waals surface area contributed by atoms with Crippen LogP contribution in [0.15, 0.2) is 0 Å². The molecule has 0 aliphatic heterocycles. The Kier molecular flexibility index (Phi) is 24.8. The second kappa shape index (κ2) is 24.7. The van der Waals surface area contributed by atoms with E-state index in [1.54, 1.807) is 0 Å². The number of rotatable bonds is 26. The van der Waals surface area contributed by atoms with Crippen molar-refractivity contribution in [3.63, 3.8) is 0 Å². The highest BCUT2D eigenvalue weighted by Crippen LogP contribution is 2.35. The van der Waals surface area contributed by atoms with Gasteiger partial charge < -0.3 is 9.79 Å². The van der Waals surface area contributed by atoms with Crippen LogP contribution in [0.4, 0.5) is 0 Å². The topological polar surface area (TPSA) is 66.8 Å². The molecular weight excluding hydrogens is 407 g/mol. The summed E-state index contributed by atoms with van der Waals surface area (Å²) in [7, 11) is -4.26. The molecule has 0 aliphatic carbocycles. The maximum Gasteiger partial charge on any atom is 0.469 e. The van der Waals surface area contributed by atoms with E-state index in [9.17, 15) is 4.57 Å². The van der Waals surface area contributed by atoms with E-state index in [0.29, 0.717) is 0 Å². The largest absolute Gasteiger partial charge is 0.469 e. The lowest BCUT2D eigenvalue weighted by molar-refractivity contribution is 0.193. The second-order valence-electron chi connectivity index (χ2n) is 9.46. The molecule has 0 rings (SSSR count). The van der Waals surface area contributed by atoms with Gasteiger partial charge in [0.25, 0.3) is 0 Å². The summed E-state index contributed by atoms with van der Waals surface area (Å²) in [4.78, 5) is 17.2. The van der Waals surface area contributed by atoms with E-state index in [2.05, 4.69) is 11.4 Å². The van der Waals surface area contributed by atoms with E-state index in [1.807, 2.05) is 0 Å². The van der Waals surface area contributed by atoms with E-state index < -0.39 is 7.82 Å². The molecule has 0 spiro atoms. The molecule has 31 heavy (non-hydrogen) atoms. The van der Waals surface area contributed by atoms with Crippen LogP contribution in [0.2, 0.25) is 0 Å². The lowest BCUT2D eigenvalue weighted by atomic mass is 10.0. The molecule has 0 aliphatic rings. The fraction of sp³-hybridized carbons (Fsp3) is 1.00. The first-order chi connectivity index (χ1) is 15.1. The van der Waals surface area contributed by atoms with Crippen LogP contribution in [0.1, 0.15) is 161 Å². The zero-order valence-corrected chi connectivity index (χ0v) is 21.7. The Morgan fingerprint density at radius 2 is 0.677 bits per heavy atom. The van der Waals surface area contributed by atoms with Crippen molar-refractivity contribution in [2.24, 2.45) is 0 Å². The van der Waals surface area contributed by atoms with Crippen LogP contribution in [0, 0.1) is 0 Å². The zero-order chi connectivity index (χ0) is 22.9. The van der Waals surface area contributed by atoms with Gasteiger partial charge in [-0.15, -0.1) is 0 Å². The Labute approximate surface area is 194 Å². The van der Waals surface area contributed by atoms with Crippen molar-refractivity contribution >= 4 is 7.82 Å². The van der Waals surface area contributed by atoms with E-state index in [-0.39, 0.29) is 6.61 Å². The van der Waals surface area contributed by atoms with Gasteiger partial charge in [-0.05, 0) is 6.42 Å². The molecule has 0 aromatic heterocycles. The molecule has 0 bridgehead atoms. The molecule has 0 aromatic rings. The van der Waals surface area contributed by atoms with E-state index in [4.69, 9.17) is 9.79 Å². The summed E-state index contributed by atoms with van der Waals surface area (Å²) >= 11 is 0. The Bertz CT molecular complexity index is 384. The summed E-state index contributed by atoms with van der Waals surface area (Å²) in [6.45, 7) is 2.46. The molecule has 0 saturated heterocycles. The molecule has 0 atom stereocenters. The SMILES string of the molecule is CCCCCCCCCCCCCCCCCCCCCCCCCCOP(=O)(O)O.